The SMILES string of the molecule is Cn1cc(-c2cc(C(=O)Nc3ccnc(C(F)(F)F)c3)cc(-c3cncs3)c2)cn1. The highest BCUT2D eigenvalue weighted by Crippen LogP contribution is 2.31. The van der Waals surface area contributed by atoms with Gasteiger partial charge in [0, 0.05) is 42.5 Å². The van der Waals surface area contributed by atoms with Crippen LogP contribution in [0.3, 0.4) is 0 Å². The summed E-state index contributed by atoms with van der Waals surface area (Å²) in [4.78, 5) is 21.1. The van der Waals surface area contributed by atoms with E-state index in [2.05, 4.69) is 20.4 Å². The largest absolute Gasteiger partial charge is 0.433 e. The molecule has 0 radical (unpaired) electrons. The van der Waals surface area contributed by atoms with Crippen LogP contribution in [0, 0.1) is 0 Å². The second-order valence-electron chi connectivity index (χ2n) is 6.45. The number of carbonyl (C=O) groups excluding carboxylic acids is 1. The van der Waals surface area contributed by atoms with E-state index in [1.807, 2.05) is 12.3 Å². The van der Waals surface area contributed by atoms with E-state index in [-0.39, 0.29) is 5.69 Å². The van der Waals surface area contributed by atoms with Gasteiger partial charge < -0.3 is 5.32 Å². The van der Waals surface area contributed by atoms with Crippen LogP contribution in [0.1, 0.15) is 16.1 Å². The molecule has 3 heterocycles. The third-order valence-corrected chi connectivity index (χ3v) is 5.08. The van der Waals surface area contributed by atoms with Crippen molar-refractivity contribution in [3.8, 4) is 21.6 Å². The van der Waals surface area contributed by atoms with Crippen LogP contribution in [0.5, 0.6) is 0 Å². The minimum Gasteiger partial charge on any atom is -0.322 e. The molecular formula is C20H14F3N5OS. The van der Waals surface area contributed by atoms with Gasteiger partial charge in [0.1, 0.15) is 5.69 Å². The van der Waals surface area contributed by atoms with Crippen molar-refractivity contribution in [2.45, 2.75) is 6.18 Å². The van der Waals surface area contributed by atoms with Gasteiger partial charge in [-0.1, -0.05) is 0 Å². The maximum atomic E-state index is 12.9. The molecule has 0 saturated carbocycles. The number of thiazole rings is 1. The molecule has 1 N–H and O–H groups in total. The third kappa shape index (κ3) is 4.23. The normalized spacial score (nSPS) is 11.5. The van der Waals surface area contributed by atoms with E-state index >= 15 is 0 Å². The fraction of sp³-hybridized carbons (Fsp3) is 0.100. The number of amides is 1. The molecule has 6 nitrogen and oxygen atoms in total. The van der Waals surface area contributed by atoms with Gasteiger partial charge in [0.15, 0.2) is 0 Å². The molecule has 0 aliphatic heterocycles. The Labute approximate surface area is 173 Å². The lowest BCUT2D eigenvalue weighted by molar-refractivity contribution is -0.141. The zero-order chi connectivity index (χ0) is 21.3. The molecule has 10 heteroatoms. The number of aryl methyl sites for hydroxylation is 1. The zero-order valence-electron chi connectivity index (χ0n) is 15.5. The second kappa shape index (κ2) is 7.71. The van der Waals surface area contributed by atoms with E-state index in [1.165, 1.54) is 17.4 Å². The molecule has 30 heavy (non-hydrogen) atoms. The van der Waals surface area contributed by atoms with E-state index in [4.69, 9.17) is 0 Å². The van der Waals surface area contributed by atoms with Crippen molar-refractivity contribution in [3.05, 3.63) is 71.9 Å². The molecule has 4 rings (SSSR count). The van der Waals surface area contributed by atoms with E-state index in [9.17, 15) is 18.0 Å². The highest BCUT2D eigenvalue weighted by molar-refractivity contribution is 7.13. The number of halogens is 3. The Bertz CT molecular complexity index is 1200. The first-order chi connectivity index (χ1) is 14.3. The van der Waals surface area contributed by atoms with Gasteiger partial charge in [-0.2, -0.15) is 18.3 Å². The van der Waals surface area contributed by atoms with E-state index in [0.717, 1.165) is 33.8 Å². The molecule has 0 atom stereocenters. The lowest BCUT2D eigenvalue weighted by Crippen LogP contribution is -2.14. The summed E-state index contributed by atoms with van der Waals surface area (Å²) in [5.41, 5.74) is 3.25. The van der Waals surface area contributed by atoms with Gasteiger partial charge in [-0.15, -0.1) is 11.3 Å². The molecule has 3 aromatic heterocycles. The minimum atomic E-state index is -4.60. The van der Waals surface area contributed by atoms with Crippen molar-refractivity contribution >= 4 is 22.9 Å². The van der Waals surface area contributed by atoms with Crippen molar-refractivity contribution in [1.82, 2.24) is 19.7 Å². The predicted molar refractivity (Wildman–Crippen MR) is 107 cm³/mol. The number of aromatic nitrogens is 4. The molecule has 0 saturated heterocycles. The monoisotopic (exact) mass is 429 g/mol. The smallest absolute Gasteiger partial charge is 0.322 e. The van der Waals surface area contributed by atoms with Gasteiger partial charge in [-0.05, 0) is 41.5 Å². The number of benzene rings is 1. The van der Waals surface area contributed by atoms with Crippen molar-refractivity contribution in [3.63, 3.8) is 0 Å². The molecule has 4 aromatic rings. The molecular weight excluding hydrogens is 415 g/mol. The Hall–Kier alpha value is -3.53. The number of pyridine rings is 1. The Kier molecular flexibility index (Phi) is 5.08. The minimum absolute atomic E-state index is 0.00782. The van der Waals surface area contributed by atoms with Gasteiger partial charge in [0.2, 0.25) is 0 Å². The molecule has 0 aliphatic carbocycles. The first-order valence-electron chi connectivity index (χ1n) is 8.67. The molecule has 1 aromatic carbocycles. The van der Waals surface area contributed by atoms with Crippen molar-refractivity contribution < 1.29 is 18.0 Å². The highest BCUT2D eigenvalue weighted by atomic mass is 32.1. The third-order valence-electron chi connectivity index (χ3n) is 4.26. The molecule has 152 valence electrons. The fourth-order valence-electron chi connectivity index (χ4n) is 2.86. The van der Waals surface area contributed by atoms with Crippen molar-refractivity contribution in [2.75, 3.05) is 5.32 Å². The van der Waals surface area contributed by atoms with Crippen LogP contribution in [0.4, 0.5) is 18.9 Å². The van der Waals surface area contributed by atoms with E-state index < -0.39 is 17.8 Å². The standard InChI is InChI=1S/C20H14F3N5OS/c1-28-10-15(8-26-28)12-4-13(17-9-24-11-30-17)6-14(5-12)19(29)27-16-2-3-25-18(7-16)20(21,22)23/h2-11H,1H3,(H,25,27,29). The van der Waals surface area contributed by atoms with Crippen molar-refractivity contribution in [1.29, 1.82) is 0 Å². The van der Waals surface area contributed by atoms with Crippen LogP contribution in [-0.4, -0.2) is 25.7 Å². The molecule has 0 fully saturated rings. The molecule has 0 bridgehead atoms. The fourth-order valence-corrected chi connectivity index (χ4v) is 3.47. The van der Waals surface area contributed by atoms with Crippen LogP contribution in [0.15, 0.2) is 60.6 Å². The number of nitrogens with zero attached hydrogens (tertiary/aromatic N) is 4. The Balaban J connectivity index is 1.71. The topological polar surface area (TPSA) is 72.7 Å². The number of alkyl halides is 3. The van der Waals surface area contributed by atoms with Gasteiger partial charge in [-0.3, -0.25) is 19.4 Å². The average molecular weight is 429 g/mol. The summed E-state index contributed by atoms with van der Waals surface area (Å²) in [5, 5.41) is 6.67. The Morgan fingerprint density at radius 3 is 2.57 bits per heavy atom. The van der Waals surface area contributed by atoms with E-state index in [0.29, 0.717) is 5.56 Å². The molecule has 0 spiro atoms. The quantitative estimate of drug-likeness (QED) is 0.502. The maximum absolute atomic E-state index is 12.9. The zero-order valence-corrected chi connectivity index (χ0v) is 16.3. The average Bonchev–Trinajstić information content (AvgIpc) is 3.39. The second-order valence-corrected chi connectivity index (χ2v) is 7.34. The maximum Gasteiger partial charge on any atom is 0.433 e. The number of nitrogens with one attached hydrogen (secondary N) is 1. The summed E-state index contributed by atoms with van der Waals surface area (Å²) >= 11 is 1.42. The summed E-state index contributed by atoms with van der Waals surface area (Å²) < 4.78 is 40.3. The number of anilines is 1. The molecule has 1 amide bonds. The summed E-state index contributed by atoms with van der Waals surface area (Å²) in [7, 11) is 1.78. The van der Waals surface area contributed by atoms with Crippen LogP contribution in [0.2, 0.25) is 0 Å². The van der Waals surface area contributed by atoms with Crippen LogP contribution < -0.4 is 5.32 Å². The van der Waals surface area contributed by atoms with Gasteiger partial charge in [0.25, 0.3) is 5.91 Å². The lowest BCUT2D eigenvalue weighted by Gasteiger charge is -2.11. The Morgan fingerprint density at radius 1 is 1.10 bits per heavy atom. The Morgan fingerprint density at radius 2 is 1.90 bits per heavy atom. The predicted octanol–water partition coefficient (Wildman–Crippen LogP) is 4.88. The summed E-state index contributed by atoms with van der Waals surface area (Å²) in [6.45, 7) is 0. The van der Waals surface area contributed by atoms with Crippen LogP contribution in [-0.2, 0) is 13.2 Å². The summed E-state index contributed by atoms with van der Waals surface area (Å²) in [6.07, 6.45) is 1.58. The first-order valence-corrected chi connectivity index (χ1v) is 9.55. The number of carbonyl (C=O) groups is 1. The van der Waals surface area contributed by atoms with Crippen molar-refractivity contribution in [2.24, 2.45) is 7.05 Å². The van der Waals surface area contributed by atoms with Gasteiger partial charge in [-0.25, -0.2) is 0 Å². The van der Waals surface area contributed by atoms with Crippen LogP contribution >= 0.6 is 11.3 Å². The lowest BCUT2D eigenvalue weighted by atomic mass is 10.0. The summed E-state index contributed by atoms with van der Waals surface area (Å²) in [6, 6.07) is 7.36. The van der Waals surface area contributed by atoms with Gasteiger partial charge in [0.05, 0.1) is 16.6 Å². The highest BCUT2D eigenvalue weighted by Gasteiger charge is 2.32. The number of hydrogen-bond acceptors (Lipinski definition) is 5. The number of hydrogen-bond donors (Lipinski definition) is 1. The van der Waals surface area contributed by atoms with Gasteiger partial charge >= 0.3 is 6.18 Å². The first kappa shape index (κ1) is 19.8. The van der Waals surface area contributed by atoms with Crippen LogP contribution in [0.25, 0.3) is 21.6 Å². The molecule has 0 unspecified atom stereocenters. The molecule has 0 aliphatic rings. The summed E-state index contributed by atoms with van der Waals surface area (Å²) in [5.74, 6) is -0.536. The number of rotatable bonds is 4. The van der Waals surface area contributed by atoms with E-state index in [1.54, 1.807) is 41.8 Å².